The first-order valence-electron chi connectivity index (χ1n) is 8.59. The molecule has 1 unspecified atom stereocenters. The highest BCUT2D eigenvalue weighted by Gasteiger charge is 2.45. The average Bonchev–Trinajstić information content (AvgIpc) is 3.00. The Balaban J connectivity index is 1.76. The molecule has 3 aromatic rings. The van der Waals surface area contributed by atoms with Crippen LogP contribution in [0.4, 0.5) is 0 Å². The van der Waals surface area contributed by atoms with Crippen LogP contribution in [0.15, 0.2) is 82.8 Å². The summed E-state index contributed by atoms with van der Waals surface area (Å²) in [5, 5.41) is -1.08. The van der Waals surface area contributed by atoms with Crippen LogP contribution in [-0.4, -0.2) is 28.3 Å². The SMILES string of the molecule is O=S(=O)(c1ccccc1)C1CS(O)(O)c2cccc(OCc3cccnc3)c21. The highest BCUT2D eigenvalue weighted by Crippen LogP contribution is 2.63. The Morgan fingerprint density at radius 1 is 1.04 bits per heavy atom. The Bertz CT molecular complexity index is 1090. The van der Waals surface area contributed by atoms with Crippen LogP contribution in [0.25, 0.3) is 0 Å². The fourth-order valence-electron chi connectivity index (χ4n) is 3.30. The molecule has 1 aromatic heterocycles. The van der Waals surface area contributed by atoms with Gasteiger partial charge in [0.25, 0.3) is 0 Å². The third kappa shape index (κ3) is 3.40. The van der Waals surface area contributed by atoms with Gasteiger partial charge in [0.1, 0.15) is 17.6 Å². The Kier molecular flexibility index (Phi) is 4.88. The molecule has 0 spiro atoms. The van der Waals surface area contributed by atoms with E-state index in [0.717, 1.165) is 5.56 Å². The van der Waals surface area contributed by atoms with Crippen LogP contribution < -0.4 is 4.74 Å². The molecule has 2 heterocycles. The van der Waals surface area contributed by atoms with Crippen molar-refractivity contribution >= 4 is 20.4 Å². The van der Waals surface area contributed by atoms with E-state index in [2.05, 4.69) is 4.98 Å². The predicted octanol–water partition coefficient (Wildman–Crippen LogP) is 4.30. The van der Waals surface area contributed by atoms with Gasteiger partial charge in [0.2, 0.25) is 0 Å². The lowest BCUT2D eigenvalue weighted by Crippen LogP contribution is -2.16. The molecule has 0 radical (unpaired) electrons. The van der Waals surface area contributed by atoms with Crippen molar-refractivity contribution in [1.82, 2.24) is 4.98 Å². The minimum Gasteiger partial charge on any atom is -0.488 e. The van der Waals surface area contributed by atoms with E-state index in [1.165, 1.54) is 12.1 Å². The maximum absolute atomic E-state index is 13.2. The number of hydrogen-bond acceptors (Lipinski definition) is 6. The van der Waals surface area contributed by atoms with E-state index in [1.807, 2.05) is 6.07 Å². The molecular weight excluding hydrogens is 398 g/mol. The Hall–Kier alpha value is -2.39. The Morgan fingerprint density at radius 3 is 2.54 bits per heavy atom. The van der Waals surface area contributed by atoms with Gasteiger partial charge in [-0.3, -0.25) is 14.1 Å². The van der Waals surface area contributed by atoms with E-state index in [-0.39, 0.29) is 22.2 Å². The molecule has 28 heavy (non-hydrogen) atoms. The zero-order valence-corrected chi connectivity index (χ0v) is 16.4. The van der Waals surface area contributed by atoms with Gasteiger partial charge in [-0.25, -0.2) is 8.42 Å². The van der Waals surface area contributed by atoms with Crippen LogP contribution in [0.2, 0.25) is 0 Å². The van der Waals surface area contributed by atoms with E-state index in [9.17, 15) is 17.5 Å². The Morgan fingerprint density at radius 2 is 1.82 bits per heavy atom. The maximum atomic E-state index is 13.2. The molecule has 0 saturated carbocycles. The minimum absolute atomic E-state index is 0.144. The number of pyridine rings is 1. The van der Waals surface area contributed by atoms with Gasteiger partial charge in [-0.15, -0.1) is 0 Å². The lowest BCUT2D eigenvalue weighted by molar-refractivity contribution is 0.301. The number of nitrogens with zero attached hydrogens (tertiary/aromatic N) is 1. The van der Waals surface area contributed by atoms with Crippen LogP contribution in [0.1, 0.15) is 16.4 Å². The average molecular weight is 418 g/mol. The summed E-state index contributed by atoms with van der Waals surface area (Å²) in [6, 6.07) is 16.5. The lowest BCUT2D eigenvalue weighted by Gasteiger charge is -2.27. The minimum atomic E-state index is -3.82. The second-order valence-corrected chi connectivity index (χ2v) is 10.7. The fraction of sp³-hybridized carbons (Fsp3) is 0.150. The third-order valence-electron chi connectivity index (χ3n) is 4.65. The first kappa shape index (κ1) is 18.9. The second-order valence-electron chi connectivity index (χ2n) is 6.50. The first-order valence-corrected chi connectivity index (χ1v) is 11.9. The molecular formula is C20H19NO5S2. The number of sulfone groups is 1. The van der Waals surface area contributed by atoms with Gasteiger partial charge in [0.05, 0.1) is 15.5 Å². The molecule has 8 heteroatoms. The van der Waals surface area contributed by atoms with Crippen LogP contribution in [0.3, 0.4) is 0 Å². The number of hydrogen-bond donors (Lipinski definition) is 2. The zero-order chi connectivity index (χ0) is 19.8. The quantitative estimate of drug-likeness (QED) is 0.642. The number of rotatable bonds is 5. The van der Waals surface area contributed by atoms with Gasteiger partial charge in [0.15, 0.2) is 9.84 Å². The molecule has 1 aliphatic heterocycles. The second kappa shape index (κ2) is 7.21. The number of ether oxygens (including phenoxy) is 1. The van der Waals surface area contributed by atoms with Crippen LogP contribution in [0, 0.1) is 0 Å². The normalized spacial score (nSPS) is 19.0. The van der Waals surface area contributed by atoms with Crippen molar-refractivity contribution in [3.63, 3.8) is 0 Å². The molecule has 2 N–H and O–H groups in total. The summed E-state index contributed by atoms with van der Waals surface area (Å²) >= 11 is 0. The van der Waals surface area contributed by atoms with E-state index >= 15 is 0 Å². The van der Waals surface area contributed by atoms with Crippen molar-refractivity contribution < 1.29 is 22.3 Å². The fourth-order valence-corrected chi connectivity index (χ4v) is 7.74. The Labute approximate surface area is 165 Å². The first-order chi connectivity index (χ1) is 13.4. The summed E-state index contributed by atoms with van der Waals surface area (Å²) < 4.78 is 53.4. The molecule has 0 amide bonds. The molecule has 146 valence electrons. The number of aromatic nitrogens is 1. The number of benzene rings is 2. The van der Waals surface area contributed by atoms with Gasteiger partial charge in [-0.1, -0.05) is 30.3 Å². The van der Waals surface area contributed by atoms with Crippen molar-refractivity contribution in [3.05, 3.63) is 84.2 Å². The van der Waals surface area contributed by atoms with Crippen LogP contribution in [-0.2, 0) is 16.4 Å². The third-order valence-corrected chi connectivity index (χ3v) is 8.80. The molecule has 0 saturated heterocycles. The van der Waals surface area contributed by atoms with Crippen molar-refractivity contribution in [2.75, 3.05) is 5.75 Å². The summed E-state index contributed by atoms with van der Waals surface area (Å²) in [5.41, 5.74) is 1.16. The lowest BCUT2D eigenvalue weighted by atomic mass is 10.1. The van der Waals surface area contributed by atoms with E-state index < -0.39 is 25.7 Å². The topological polar surface area (TPSA) is 96.7 Å². The standard InChI is InChI=1S/C20H19NO5S2/c22-27(23)14-19(28(24,25)16-7-2-1-3-8-16)20-17(9-4-10-18(20)27)26-13-15-6-5-11-21-12-15/h1-12,19,22-23H,13-14H2. The van der Waals surface area contributed by atoms with Crippen molar-refractivity contribution in [2.45, 2.75) is 21.6 Å². The molecule has 6 nitrogen and oxygen atoms in total. The van der Waals surface area contributed by atoms with Crippen LogP contribution in [0.5, 0.6) is 5.75 Å². The van der Waals surface area contributed by atoms with Gasteiger partial charge < -0.3 is 4.74 Å². The maximum Gasteiger partial charge on any atom is 0.187 e. The van der Waals surface area contributed by atoms with E-state index in [0.29, 0.717) is 11.3 Å². The predicted molar refractivity (Wildman–Crippen MR) is 107 cm³/mol. The van der Waals surface area contributed by atoms with E-state index in [4.69, 9.17) is 4.74 Å². The summed E-state index contributed by atoms with van der Waals surface area (Å²) in [6.07, 6.45) is 3.32. The van der Waals surface area contributed by atoms with Gasteiger partial charge in [-0.2, -0.15) is 10.6 Å². The van der Waals surface area contributed by atoms with Gasteiger partial charge in [-0.05, 0) is 30.3 Å². The van der Waals surface area contributed by atoms with Crippen molar-refractivity contribution in [2.24, 2.45) is 0 Å². The van der Waals surface area contributed by atoms with Crippen molar-refractivity contribution in [1.29, 1.82) is 0 Å². The summed E-state index contributed by atoms with van der Waals surface area (Å²) in [5.74, 6) is 0.0654. The zero-order valence-electron chi connectivity index (χ0n) is 14.8. The molecule has 0 aliphatic carbocycles. The van der Waals surface area contributed by atoms with Gasteiger partial charge in [0, 0.05) is 23.5 Å². The molecule has 4 rings (SSSR count). The van der Waals surface area contributed by atoms with Crippen molar-refractivity contribution in [3.8, 4) is 5.75 Å². The molecule has 2 aromatic carbocycles. The summed E-state index contributed by atoms with van der Waals surface area (Å²) in [7, 11) is -7.04. The molecule has 0 fully saturated rings. The highest BCUT2D eigenvalue weighted by atomic mass is 32.3. The monoisotopic (exact) mass is 417 g/mol. The van der Waals surface area contributed by atoms with Gasteiger partial charge >= 0.3 is 0 Å². The summed E-state index contributed by atoms with van der Waals surface area (Å²) in [4.78, 5) is 4.42. The molecule has 1 atom stereocenters. The molecule has 0 bridgehead atoms. The highest BCUT2D eigenvalue weighted by molar-refractivity contribution is 8.25. The van der Waals surface area contributed by atoms with Crippen LogP contribution >= 0.6 is 10.6 Å². The molecule has 1 aliphatic rings. The smallest absolute Gasteiger partial charge is 0.187 e. The van der Waals surface area contributed by atoms with E-state index in [1.54, 1.807) is 54.9 Å². The largest absolute Gasteiger partial charge is 0.488 e. The summed E-state index contributed by atoms with van der Waals surface area (Å²) in [6.45, 7) is 0.196. The number of fused-ring (bicyclic) bond motifs is 1.